The molecular formula is C24H19ClFN5OS. The second kappa shape index (κ2) is 10.4. The van der Waals surface area contributed by atoms with Gasteiger partial charge >= 0.3 is 0 Å². The topological polar surface area (TPSA) is 72.2 Å². The molecule has 0 aliphatic heterocycles. The van der Waals surface area contributed by atoms with Gasteiger partial charge in [-0.1, -0.05) is 77.5 Å². The molecule has 0 fully saturated rings. The predicted molar refractivity (Wildman–Crippen MR) is 129 cm³/mol. The van der Waals surface area contributed by atoms with Crippen LogP contribution in [-0.2, 0) is 4.79 Å². The number of nitrogens with one attached hydrogen (secondary N) is 1. The zero-order chi connectivity index (χ0) is 23.2. The van der Waals surface area contributed by atoms with Gasteiger partial charge in [-0.05, 0) is 31.2 Å². The van der Waals surface area contributed by atoms with Crippen LogP contribution in [0.25, 0.3) is 17.1 Å². The van der Waals surface area contributed by atoms with E-state index in [4.69, 9.17) is 11.6 Å². The second-order valence-corrected chi connectivity index (χ2v) is 8.41. The number of carbonyl (C=O) groups is 1. The van der Waals surface area contributed by atoms with Crippen LogP contribution >= 0.6 is 23.4 Å². The number of aromatic nitrogens is 3. The van der Waals surface area contributed by atoms with E-state index >= 15 is 0 Å². The largest absolute Gasteiger partial charge is 0.272 e. The Morgan fingerprint density at radius 2 is 1.85 bits per heavy atom. The number of rotatable bonds is 7. The molecule has 3 aromatic carbocycles. The van der Waals surface area contributed by atoms with Gasteiger partial charge in [-0.25, -0.2) is 9.82 Å². The molecule has 0 saturated heterocycles. The Bertz CT molecular complexity index is 1270. The molecular weight excluding hydrogens is 461 g/mol. The van der Waals surface area contributed by atoms with Crippen molar-refractivity contribution in [2.24, 2.45) is 5.10 Å². The van der Waals surface area contributed by atoms with Gasteiger partial charge in [0.25, 0.3) is 5.91 Å². The molecule has 0 bridgehead atoms. The molecule has 33 heavy (non-hydrogen) atoms. The third kappa shape index (κ3) is 5.47. The molecule has 1 heterocycles. The van der Waals surface area contributed by atoms with Crippen molar-refractivity contribution in [3.05, 3.63) is 94.8 Å². The number of nitrogens with zero attached hydrogens (tertiary/aromatic N) is 4. The summed E-state index contributed by atoms with van der Waals surface area (Å²) < 4.78 is 15.7. The Morgan fingerprint density at radius 1 is 1.09 bits per heavy atom. The highest BCUT2D eigenvalue weighted by Crippen LogP contribution is 2.28. The molecule has 0 unspecified atom stereocenters. The number of benzene rings is 3. The van der Waals surface area contributed by atoms with Crippen molar-refractivity contribution < 1.29 is 9.18 Å². The van der Waals surface area contributed by atoms with Crippen LogP contribution in [0.2, 0.25) is 5.02 Å². The lowest BCUT2D eigenvalue weighted by molar-refractivity contribution is -0.118. The van der Waals surface area contributed by atoms with Crippen LogP contribution in [-0.4, -0.2) is 32.6 Å². The molecule has 1 aromatic heterocycles. The van der Waals surface area contributed by atoms with Gasteiger partial charge in [0.05, 0.1) is 17.0 Å². The number of hydrogen-bond donors (Lipinski definition) is 1. The highest BCUT2D eigenvalue weighted by Gasteiger charge is 2.17. The lowest BCUT2D eigenvalue weighted by Gasteiger charge is -2.10. The zero-order valence-electron chi connectivity index (χ0n) is 17.6. The lowest BCUT2D eigenvalue weighted by Crippen LogP contribution is -2.20. The summed E-state index contributed by atoms with van der Waals surface area (Å²) >= 11 is 7.18. The van der Waals surface area contributed by atoms with Crippen molar-refractivity contribution in [3.8, 4) is 17.1 Å². The Balaban J connectivity index is 1.50. The first-order valence-corrected chi connectivity index (χ1v) is 11.4. The van der Waals surface area contributed by atoms with Gasteiger partial charge in [0.2, 0.25) is 0 Å². The molecule has 0 atom stereocenters. The third-order valence-corrected chi connectivity index (χ3v) is 5.93. The van der Waals surface area contributed by atoms with Crippen molar-refractivity contribution in [2.75, 3.05) is 5.75 Å². The van der Waals surface area contributed by atoms with E-state index in [0.717, 1.165) is 16.8 Å². The Kier molecular flexibility index (Phi) is 7.16. The number of para-hydroxylation sites is 1. The fourth-order valence-electron chi connectivity index (χ4n) is 3.03. The number of carbonyl (C=O) groups excluding carboxylic acids is 1. The predicted octanol–water partition coefficient (Wildman–Crippen LogP) is 5.28. The van der Waals surface area contributed by atoms with E-state index in [0.29, 0.717) is 11.0 Å². The van der Waals surface area contributed by atoms with Crippen LogP contribution in [0, 0.1) is 12.7 Å². The zero-order valence-corrected chi connectivity index (χ0v) is 19.1. The van der Waals surface area contributed by atoms with Crippen LogP contribution in [0.15, 0.2) is 83.1 Å². The first-order valence-electron chi connectivity index (χ1n) is 9.99. The van der Waals surface area contributed by atoms with Gasteiger partial charge in [-0.15, -0.1) is 10.2 Å². The van der Waals surface area contributed by atoms with Gasteiger partial charge in [-0.2, -0.15) is 5.10 Å². The monoisotopic (exact) mass is 479 g/mol. The van der Waals surface area contributed by atoms with Crippen molar-refractivity contribution >= 4 is 35.5 Å². The summed E-state index contributed by atoms with van der Waals surface area (Å²) in [5.74, 6) is -0.171. The van der Waals surface area contributed by atoms with Gasteiger partial charge in [-0.3, -0.25) is 9.36 Å². The quantitative estimate of drug-likeness (QED) is 0.222. The molecule has 1 N–H and O–H groups in total. The van der Waals surface area contributed by atoms with E-state index in [-0.39, 0.29) is 22.2 Å². The van der Waals surface area contributed by atoms with E-state index in [1.807, 2.05) is 66.1 Å². The number of thioether (sulfide) groups is 1. The normalized spacial score (nSPS) is 11.1. The smallest absolute Gasteiger partial charge is 0.250 e. The van der Waals surface area contributed by atoms with E-state index in [1.165, 1.54) is 30.1 Å². The minimum Gasteiger partial charge on any atom is -0.272 e. The highest BCUT2D eigenvalue weighted by atomic mass is 35.5. The second-order valence-electron chi connectivity index (χ2n) is 7.06. The average molecular weight is 480 g/mol. The summed E-state index contributed by atoms with van der Waals surface area (Å²) in [6.07, 6.45) is 1.18. The minimum absolute atomic E-state index is 0.0429. The molecule has 0 aliphatic rings. The standard InChI is InChI=1S/C24H19ClFN5OS/c1-16-10-12-17(13-11-16)23-29-30-24(31(23)18-6-3-2-4-7-18)33-15-22(32)28-27-14-19-20(25)8-5-9-21(19)26/h2-14H,15H2,1H3,(H,28,32). The number of hydrogen-bond acceptors (Lipinski definition) is 5. The summed E-state index contributed by atoms with van der Waals surface area (Å²) in [6, 6.07) is 22.0. The van der Waals surface area contributed by atoms with Crippen LogP contribution in [0.1, 0.15) is 11.1 Å². The maximum absolute atomic E-state index is 13.8. The number of hydrazone groups is 1. The van der Waals surface area contributed by atoms with E-state index in [9.17, 15) is 9.18 Å². The van der Waals surface area contributed by atoms with Crippen LogP contribution in [0.3, 0.4) is 0 Å². The van der Waals surface area contributed by atoms with Gasteiger partial charge in [0, 0.05) is 16.8 Å². The Hall–Kier alpha value is -3.49. The maximum Gasteiger partial charge on any atom is 0.250 e. The lowest BCUT2D eigenvalue weighted by atomic mass is 10.1. The number of aryl methyl sites for hydroxylation is 1. The molecule has 0 aliphatic carbocycles. The summed E-state index contributed by atoms with van der Waals surface area (Å²) in [7, 11) is 0. The van der Waals surface area contributed by atoms with E-state index < -0.39 is 5.82 Å². The van der Waals surface area contributed by atoms with Crippen molar-refractivity contribution in [1.82, 2.24) is 20.2 Å². The average Bonchev–Trinajstić information content (AvgIpc) is 3.24. The van der Waals surface area contributed by atoms with E-state index in [1.54, 1.807) is 6.07 Å². The van der Waals surface area contributed by atoms with Crippen molar-refractivity contribution in [1.29, 1.82) is 0 Å². The molecule has 9 heteroatoms. The fraction of sp³-hybridized carbons (Fsp3) is 0.0833. The van der Waals surface area contributed by atoms with Crippen molar-refractivity contribution in [2.45, 2.75) is 12.1 Å². The summed E-state index contributed by atoms with van der Waals surface area (Å²) in [5, 5.41) is 13.3. The molecule has 4 aromatic rings. The van der Waals surface area contributed by atoms with Gasteiger partial charge < -0.3 is 0 Å². The Morgan fingerprint density at radius 3 is 2.58 bits per heavy atom. The number of halogens is 2. The summed E-state index contributed by atoms with van der Waals surface area (Å²) in [4.78, 5) is 12.3. The van der Waals surface area contributed by atoms with Crippen LogP contribution < -0.4 is 5.43 Å². The van der Waals surface area contributed by atoms with Gasteiger partial charge in [0.15, 0.2) is 11.0 Å². The molecule has 1 amide bonds. The van der Waals surface area contributed by atoms with E-state index in [2.05, 4.69) is 20.7 Å². The summed E-state index contributed by atoms with van der Waals surface area (Å²) in [5.41, 5.74) is 5.44. The minimum atomic E-state index is -0.519. The SMILES string of the molecule is Cc1ccc(-c2nnc(SCC(=O)NN=Cc3c(F)cccc3Cl)n2-c2ccccc2)cc1. The first kappa shape index (κ1) is 22.7. The van der Waals surface area contributed by atoms with Gasteiger partial charge in [0.1, 0.15) is 5.82 Å². The van der Waals surface area contributed by atoms with Crippen molar-refractivity contribution in [3.63, 3.8) is 0 Å². The molecule has 0 radical (unpaired) electrons. The number of amides is 1. The highest BCUT2D eigenvalue weighted by molar-refractivity contribution is 7.99. The fourth-order valence-corrected chi connectivity index (χ4v) is 3.98. The summed E-state index contributed by atoms with van der Waals surface area (Å²) in [6.45, 7) is 2.02. The molecule has 6 nitrogen and oxygen atoms in total. The van der Waals surface area contributed by atoms with Crippen LogP contribution in [0.5, 0.6) is 0 Å². The third-order valence-electron chi connectivity index (χ3n) is 4.67. The molecule has 0 saturated carbocycles. The maximum atomic E-state index is 13.8. The molecule has 0 spiro atoms. The van der Waals surface area contributed by atoms with Crippen LogP contribution in [0.4, 0.5) is 4.39 Å². The Labute approximate surface area is 199 Å². The molecule has 4 rings (SSSR count). The molecule has 166 valence electrons. The first-order chi connectivity index (χ1) is 16.0.